The normalized spacial score (nSPS) is 14.8. The highest BCUT2D eigenvalue weighted by Crippen LogP contribution is 2.25. The summed E-state index contributed by atoms with van der Waals surface area (Å²) < 4.78 is 6.37. The zero-order valence-electron chi connectivity index (χ0n) is 6.85. The van der Waals surface area contributed by atoms with Crippen molar-refractivity contribution in [1.29, 1.82) is 0 Å². The highest BCUT2D eigenvalue weighted by Gasteiger charge is 2.07. The van der Waals surface area contributed by atoms with Crippen molar-refractivity contribution in [2.24, 2.45) is 0 Å². The van der Waals surface area contributed by atoms with Gasteiger partial charge in [0.05, 0.1) is 5.69 Å². The van der Waals surface area contributed by atoms with E-state index in [-0.39, 0.29) is 0 Å². The Morgan fingerprint density at radius 3 is 3.25 bits per heavy atom. The first-order chi connectivity index (χ1) is 5.90. The topological polar surface area (TPSA) is 36.1 Å². The lowest BCUT2D eigenvalue weighted by Crippen LogP contribution is -2.14. The maximum atomic E-state index is 3.20. The average Bonchev–Trinajstić information content (AvgIpc) is 2.17. The molecule has 0 aliphatic carbocycles. The number of anilines is 2. The summed E-state index contributed by atoms with van der Waals surface area (Å²) in [5, 5.41) is 3.11. The van der Waals surface area contributed by atoms with E-state index in [1.807, 2.05) is 7.05 Å². The lowest BCUT2D eigenvalue weighted by atomic mass is 10.1. The fourth-order valence-corrected chi connectivity index (χ4v) is 1.79. The monoisotopic (exact) mass is 181 g/mol. The van der Waals surface area contributed by atoms with Gasteiger partial charge >= 0.3 is 0 Å². The van der Waals surface area contributed by atoms with Crippen LogP contribution in [0.5, 0.6) is 0 Å². The van der Waals surface area contributed by atoms with Crippen molar-refractivity contribution >= 4 is 23.5 Å². The molecule has 3 nitrogen and oxygen atoms in total. The van der Waals surface area contributed by atoms with E-state index < -0.39 is 0 Å². The molecule has 0 saturated carbocycles. The first-order valence-electron chi connectivity index (χ1n) is 3.85. The third-order valence-corrected chi connectivity index (χ3v) is 2.50. The van der Waals surface area contributed by atoms with Crippen molar-refractivity contribution in [3.05, 3.63) is 23.8 Å². The van der Waals surface area contributed by atoms with Gasteiger partial charge in [0.25, 0.3) is 0 Å². The van der Waals surface area contributed by atoms with Crippen LogP contribution in [0.2, 0.25) is 0 Å². The molecule has 3 N–H and O–H groups in total. The molecule has 0 fully saturated rings. The second kappa shape index (κ2) is 3.25. The van der Waals surface area contributed by atoms with Crippen molar-refractivity contribution < 1.29 is 0 Å². The van der Waals surface area contributed by atoms with E-state index in [2.05, 4.69) is 33.0 Å². The first-order valence-corrected chi connectivity index (χ1v) is 4.67. The molecule has 0 amide bonds. The molecular formula is C8H11N3S. The molecule has 12 heavy (non-hydrogen) atoms. The van der Waals surface area contributed by atoms with Crippen LogP contribution in [0, 0.1) is 0 Å². The summed E-state index contributed by atoms with van der Waals surface area (Å²) in [6, 6.07) is 6.32. The quantitative estimate of drug-likeness (QED) is 0.577. The number of benzene rings is 1. The molecule has 2 rings (SSSR count). The lowest BCUT2D eigenvalue weighted by molar-refractivity contribution is 0.970. The predicted molar refractivity (Wildman–Crippen MR) is 54.0 cm³/mol. The van der Waals surface area contributed by atoms with Crippen molar-refractivity contribution in [2.75, 3.05) is 17.1 Å². The Morgan fingerprint density at radius 2 is 2.42 bits per heavy atom. The molecule has 1 heterocycles. The molecule has 1 aliphatic rings. The zero-order valence-corrected chi connectivity index (χ0v) is 7.66. The second-order valence-corrected chi connectivity index (χ2v) is 3.34. The molecule has 0 saturated heterocycles. The van der Waals surface area contributed by atoms with Gasteiger partial charge in [0.2, 0.25) is 0 Å². The number of hydrogen-bond acceptors (Lipinski definition) is 4. The van der Waals surface area contributed by atoms with Crippen LogP contribution in [0.1, 0.15) is 5.56 Å². The molecule has 0 radical (unpaired) electrons. The summed E-state index contributed by atoms with van der Waals surface area (Å²) >= 11 is 1.53. The molecule has 1 aromatic rings. The Bertz CT molecular complexity index is 288. The summed E-state index contributed by atoms with van der Waals surface area (Å²) in [5.74, 6) is 0. The third kappa shape index (κ3) is 1.35. The van der Waals surface area contributed by atoms with Crippen LogP contribution in [0.15, 0.2) is 18.2 Å². The van der Waals surface area contributed by atoms with Gasteiger partial charge in [-0.1, -0.05) is 6.07 Å². The molecular weight excluding hydrogens is 170 g/mol. The van der Waals surface area contributed by atoms with E-state index in [0.29, 0.717) is 0 Å². The number of rotatable bonds is 1. The van der Waals surface area contributed by atoms with Crippen molar-refractivity contribution in [3.8, 4) is 0 Å². The fourth-order valence-electron chi connectivity index (χ4n) is 1.19. The van der Waals surface area contributed by atoms with Crippen LogP contribution < -0.4 is 14.8 Å². The second-order valence-electron chi connectivity index (χ2n) is 2.65. The molecule has 0 unspecified atom stereocenters. The molecule has 0 bridgehead atoms. The van der Waals surface area contributed by atoms with Gasteiger partial charge in [-0.15, -0.1) is 0 Å². The minimum atomic E-state index is 0.928. The maximum absolute atomic E-state index is 3.20. The Morgan fingerprint density at radius 1 is 1.50 bits per heavy atom. The van der Waals surface area contributed by atoms with Crippen molar-refractivity contribution in [2.45, 2.75) is 6.54 Å². The van der Waals surface area contributed by atoms with E-state index >= 15 is 0 Å². The van der Waals surface area contributed by atoms with E-state index in [0.717, 1.165) is 12.2 Å². The molecule has 1 aliphatic heterocycles. The summed E-state index contributed by atoms with van der Waals surface area (Å²) in [6.45, 7) is 0.928. The van der Waals surface area contributed by atoms with E-state index in [1.54, 1.807) is 0 Å². The Kier molecular flexibility index (Phi) is 2.10. The van der Waals surface area contributed by atoms with Crippen molar-refractivity contribution in [1.82, 2.24) is 4.72 Å². The van der Waals surface area contributed by atoms with Gasteiger partial charge in [0.1, 0.15) is 0 Å². The molecule has 0 atom stereocenters. The summed E-state index contributed by atoms with van der Waals surface area (Å²) in [7, 11) is 1.93. The van der Waals surface area contributed by atoms with Gasteiger partial charge in [0, 0.05) is 31.4 Å². The van der Waals surface area contributed by atoms with Gasteiger partial charge in [0.15, 0.2) is 0 Å². The lowest BCUT2D eigenvalue weighted by Gasteiger charge is -2.18. The average molecular weight is 181 g/mol. The predicted octanol–water partition coefficient (Wildman–Crippen LogP) is 1.81. The highest BCUT2D eigenvalue weighted by atomic mass is 32.2. The van der Waals surface area contributed by atoms with Gasteiger partial charge < -0.3 is 10.0 Å². The van der Waals surface area contributed by atoms with E-state index in [1.165, 1.54) is 23.4 Å². The van der Waals surface area contributed by atoms with Gasteiger partial charge in [-0.25, -0.2) is 4.72 Å². The largest absolute Gasteiger partial charge is 0.388 e. The van der Waals surface area contributed by atoms with Gasteiger partial charge in [-0.2, -0.15) is 0 Å². The fraction of sp³-hybridized carbons (Fsp3) is 0.250. The Hall–Kier alpha value is -0.870. The van der Waals surface area contributed by atoms with Crippen LogP contribution >= 0.6 is 12.1 Å². The minimum absolute atomic E-state index is 0.928. The van der Waals surface area contributed by atoms with E-state index in [9.17, 15) is 0 Å². The first kappa shape index (κ1) is 7.76. The van der Waals surface area contributed by atoms with Crippen LogP contribution in [-0.4, -0.2) is 7.05 Å². The molecule has 4 heteroatoms. The Balaban J connectivity index is 2.36. The number of fused-ring (bicyclic) bond motifs is 1. The number of nitrogens with one attached hydrogen (secondary N) is 3. The molecule has 0 aromatic heterocycles. The molecule has 64 valence electrons. The van der Waals surface area contributed by atoms with Crippen LogP contribution in [-0.2, 0) is 6.54 Å². The summed E-state index contributed by atoms with van der Waals surface area (Å²) in [6.07, 6.45) is 0. The highest BCUT2D eigenvalue weighted by molar-refractivity contribution is 7.98. The third-order valence-electron chi connectivity index (χ3n) is 1.89. The van der Waals surface area contributed by atoms with Crippen LogP contribution in [0.3, 0.4) is 0 Å². The smallest absolute Gasteiger partial charge is 0.0517 e. The van der Waals surface area contributed by atoms with Gasteiger partial charge in [-0.3, -0.25) is 0 Å². The maximum Gasteiger partial charge on any atom is 0.0517 e. The van der Waals surface area contributed by atoms with Crippen molar-refractivity contribution in [3.63, 3.8) is 0 Å². The van der Waals surface area contributed by atoms with Gasteiger partial charge in [-0.05, 0) is 17.7 Å². The van der Waals surface area contributed by atoms with E-state index in [4.69, 9.17) is 0 Å². The van der Waals surface area contributed by atoms with Crippen LogP contribution in [0.4, 0.5) is 11.4 Å². The standard InChI is InChI=1S/C8H11N3S/c1-9-7-3-2-6-5-10-12-11-8(6)4-7/h2-4,9-11H,5H2,1H3. The van der Waals surface area contributed by atoms with Crippen LogP contribution in [0.25, 0.3) is 0 Å². The summed E-state index contributed by atoms with van der Waals surface area (Å²) in [5.41, 5.74) is 3.65. The molecule has 1 aromatic carbocycles. The molecule has 0 spiro atoms. The Labute approximate surface area is 76.2 Å². The zero-order chi connectivity index (χ0) is 8.39. The minimum Gasteiger partial charge on any atom is -0.388 e. The SMILES string of the molecule is CNc1ccc2c(c1)NSNC2. The summed E-state index contributed by atoms with van der Waals surface area (Å²) in [4.78, 5) is 0. The number of hydrogen-bond donors (Lipinski definition) is 3.